The minimum absolute atomic E-state index is 0.685. The minimum Gasteiger partial charge on any atom is -0.311 e. The molecule has 1 N–H and O–H groups in total. The molecule has 0 radical (unpaired) electrons. The molecule has 1 aliphatic carbocycles. The second-order valence-corrected chi connectivity index (χ2v) is 8.48. The van der Waals surface area contributed by atoms with Gasteiger partial charge in [0.1, 0.15) is 5.03 Å². The zero-order valence-electron chi connectivity index (χ0n) is 13.0. The summed E-state index contributed by atoms with van der Waals surface area (Å²) in [4.78, 5) is 6.00. The molecule has 3 rings (SSSR count). The van der Waals surface area contributed by atoms with E-state index in [2.05, 4.69) is 35.1 Å². The van der Waals surface area contributed by atoms with Gasteiger partial charge in [0.05, 0.1) is 5.69 Å². The summed E-state index contributed by atoms with van der Waals surface area (Å²) in [7, 11) is 0. The predicted octanol–water partition coefficient (Wildman–Crippen LogP) is 4.57. The monoisotopic (exact) mass is 323 g/mol. The third kappa shape index (κ3) is 3.82. The lowest BCUT2D eigenvalue weighted by molar-refractivity contribution is 0.515. The van der Waals surface area contributed by atoms with E-state index in [4.69, 9.17) is 4.98 Å². The highest BCUT2D eigenvalue weighted by Crippen LogP contribution is 2.35. The van der Waals surface area contributed by atoms with E-state index in [0.717, 1.165) is 23.3 Å². The van der Waals surface area contributed by atoms with Crippen molar-refractivity contribution in [2.45, 2.75) is 62.8 Å². The summed E-state index contributed by atoms with van der Waals surface area (Å²) >= 11 is 3.75. The van der Waals surface area contributed by atoms with Gasteiger partial charge in [-0.1, -0.05) is 33.1 Å². The quantitative estimate of drug-likeness (QED) is 0.844. The summed E-state index contributed by atoms with van der Waals surface area (Å²) in [5.41, 5.74) is 1.35. The van der Waals surface area contributed by atoms with E-state index in [1.165, 1.54) is 42.8 Å². The van der Waals surface area contributed by atoms with Crippen molar-refractivity contribution in [3.63, 3.8) is 0 Å². The SMILES string of the molecule is CC(C)CNCc1c(SC2CCCCC2)nc2sccn12. The summed E-state index contributed by atoms with van der Waals surface area (Å²) in [6.07, 6.45) is 9.06. The number of thioether (sulfide) groups is 1. The van der Waals surface area contributed by atoms with Gasteiger partial charge in [0.2, 0.25) is 0 Å². The first-order chi connectivity index (χ1) is 10.2. The average Bonchev–Trinajstić information content (AvgIpc) is 3.02. The van der Waals surface area contributed by atoms with Crippen LogP contribution in [0.5, 0.6) is 0 Å². The van der Waals surface area contributed by atoms with Crippen molar-refractivity contribution < 1.29 is 0 Å². The smallest absolute Gasteiger partial charge is 0.194 e. The minimum atomic E-state index is 0.685. The van der Waals surface area contributed by atoms with E-state index < -0.39 is 0 Å². The van der Waals surface area contributed by atoms with Crippen molar-refractivity contribution in [2.24, 2.45) is 5.92 Å². The van der Waals surface area contributed by atoms with Gasteiger partial charge in [0.25, 0.3) is 0 Å². The first-order valence-corrected chi connectivity index (χ1v) is 9.82. The molecule has 2 aromatic heterocycles. The lowest BCUT2D eigenvalue weighted by Gasteiger charge is -2.20. The van der Waals surface area contributed by atoms with E-state index in [1.54, 1.807) is 11.3 Å². The predicted molar refractivity (Wildman–Crippen MR) is 92.3 cm³/mol. The van der Waals surface area contributed by atoms with Gasteiger partial charge in [-0.15, -0.1) is 23.1 Å². The number of nitrogens with zero attached hydrogens (tertiary/aromatic N) is 2. The molecule has 2 heterocycles. The molecule has 116 valence electrons. The second-order valence-electron chi connectivity index (χ2n) is 6.32. The molecule has 5 heteroatoms. The molecule has 0 aromatic carbocycles. The number of hydrogen-bond acceptors (Lipinski definition) is 4. The molecule has 0 bridgehead atoms. The van der Waals surface area contributed by atoms with E-state index >= 15 is 0 Å². The highest BCUT2D eigenvalue weighted by atomic mass is 32.2. The van der Waals surface area contributed by atoms with Gasteiger partial charge in [-0.25, -0.2) is 4.98 Å². The normalized spacial score (nSPS) is 17.1. The van der Waals surface area contributed by atoms with E-state index in [9.17, 15) is 0 Å². The van der Waals surface area contributed by atoms with Crippen molar-refractivity contribution >= 4 is 28.1 Å². The van der Waals surface area contributed by atoms with Crippen LogP contribution in [0.15, 0.2) is 16.6 Å². The Morgan fingerprint density at radius 3 is 2.95 bits per heavy atom. The maximum Gasteiger partial charge on any atom is 0.194 e. The number of rotatable bonds is 6. The summed E-state index contributed by atoms with van der Waals surface area (Å²) in [5, 5.41) is 7.73. The maximum absolute atomic E-state index is 4.87. The van der Waals surface area contributed by atoms with Gasteiger partial charge in [-0.05, 0) is 25.3 Å². The van der Waals surface area contributed by atoms with Gasteiger partial charge in [-0.3, -0.25) is 4.40 Å². The van der Waals surface area contributed by atoms with Gasteiger partial charge >= 0.3 is 0 Å². The van der Waals surface area contributed by atoms with E-state index in [0.29, 0.717) is 5.92 Å². The van der Waals surface area contributed by atoms with Crippen LogP contribution < -0.4 is 5.32 Å². The first-order valence-electron chi connectivity index (χ1n) is 8.06. The van der Waals surface area contributed by atoms with Crippen LogP contribution >= 0.6 is 23.1 Å². The molecule has 0 saturated heterocycles. The maximum atomic E-state index is 4.87. The summed E-state index contributed by atoms with van der Waals surface area (Å²) in [6.45, 7) is 6.48. The van der Waals surface area contributed by atoms with Crippen LogP contribution in [-0.2, 0) is 6.54 Å². The topological polar surface area (TPSA) is 29.3 Å². The largest absolute Gasteiger partial charge is 0.311 e. The Bertz CT molecular complexity index is 567. The fraction of sp³-hybridized carbons (Fsp3) is 0.688. The molecule has 0 unspecified atom stereocenters. The van der Waals surface area contributed by atoms with Gasteiger partial charge in [0, 0.05) is 23.4 Å². The lowest BCUT2D eigenvalue weighted by atomic mass is 10.0. The fourth-order valence-corrected chi connectivity index (χ4v) is 5.01. The number of thiazole rings is 1. The highest BCUT2D eigenvalue weighted by molar-refractivity contribution is 7.99. The third-order valence-corrected chi connectivity index (χ3v) is 6.11. The van der Waals surface area contributed by atoms with Crippen molar-refractivity contribution in [1.82, 2.24) is 14.7 Å². The van der Waals surface area contributed by atoms with Crippen LogP contribution in [0.25, 0.3) is 4.96 Å². The van der Waals surface area contributed by atoms with Crippen molar-refractivity contribution in [3.8, 4) is 0 Å². The van der Waals surface area contributed by atoms with E-state index in [1.807, 2.05) is 11.8 Å². The van der Waals surface area contributed by atoms with E-state index in [-0.39, 0.29) is 0 Å². The Balaban J connectivity index is 1.74. The van der Waals surface area contributed by atoms with Crippen molar-refractivity contribution in [2.75, 3.05) is 6.54 Å². The highest BCUT2D eigenvalue weighted by Gasteiger charge is 2.20. The number of fused-ring (bicyclic) bond motifs is 1. The lowest BCUT2D eigenvalue weighted by Crippen LogP contribution is -2.20. The molecule has 0 atom stereocenters. The summed E-state index contributed by atoms with van der Waals surface area (Å²) < 4.78 is 2.27. The molecule has 2 aromatic rings. The molecule has 0 aliphatic heterocycles. The number of aromatic nitrogens is 2. The Morgan fingerprint density at radius 2 is 2.19 bits per heavy atom. The van der Waals surface area contributed by atoms with Crippen LogP contribution in [0.2, 0.25) is 0 Å². The van der Waals surface area contributed by atoms with Crippen LogP contribution in [0.3, 0.4) is 0 Å². The standard InChI is InChI=1S/C16H25N3S2/c1-12(2)10-17-11-14-15(18-16-19(14)8-9-20-16)21-13-6-4-3-5-7-13/h8-9,12-13,17H,3-7,10-11H2,1-2H3. The Labute approximate surface area is 135 Å². The van der Waals surface area contributed by atoms with Gasteiger partial charge in [-0.2, -0.15) is 0 Å². The number of imidazole rings is 1. The molecule has 1 saturated carbocycles. The second kappa shape index (κ2) is 7.16. The number of nitrogens with one attached hydrogen (secondary N) is 1. The summed E-state index contributed by atoms with van der Waals surface area (Å²) in [5.74, 6) is 0.685. The average molecular weight is 324 g/mol. The molecule has 0 spiro atoms. The molecule has 0 amide bonds. The van der Waals surface area contributed by atoms with Crippen LogP contribution in [-0.4, -0.2) is 21.2 Å². The van der Waals surface area contributed by atoms with Crippen molar-refractivity contribution in [1.29, 1.82) is 0 Å². The molecule has 1 aliphatic rings. The van der Waals surface area contributed by atoms with Gasteiger partial charge < -0.3 is 5.32 Å². The molecule has 21 heavy (non-hydrogen) atoms. The fourth-order valence-electron chi connectivity index (χ4n) is 2.89. The molecule has 3 nitrogen and oxygen atoms in total. The third-order valence-electron chi connectivity index (χ3n) is 4.00. The van der Waals surface area contributed by atoms with Gasteiger partial charge in [0.15, 0.2) is 4.96 Å². The van der Waals surface area contributed by atoms with Crippen LogP contribution in [0, 0.1) is 5.92 Å². The zero-order valence-corrected chi connectivity index (χ0v) is 14.6. The Morgan fingerprint density at radius 1 is 1.38 bits per heavy atom. The number of hydrogen-bond donors (Lipinski definition) is 1. The Hall–Kier alpha value is -0.520. The molecular weight excluding hydrogens is 298 g/mol. The Kier molecular flexibility index (Phi) is 5.24. The van der Waals surface area contributed by atoms with Crippen molar-refractivity contribution in [3.05, 3.63) is 17.3 Å². The molecular formula is C16H25N3S2. The summed E-state index contributed by atoms with van der Waals surface area (Å²) in [6, 6.07) is 0. The van der Waals surface area contributed by atoms with Crippen LogP contribution in [0.1, 0.15) is 51.6 Å². The first kappa shape index (κ1) is 15.4. The zero-order chi connectivity index (χ0) is 14.7. The van der Waals surface area contributed by atoms with Crippen LogP contribution in [0.4, 0.5) is 0 Å². The molecule has 1 fully saturated rings.